The molecule has 1 aliphatic carbocycles. The number of nitrogens with zero attached hydrogens (tertiary/aromatic N) is 1. The Morgan fingerprint density at radius 3 is 2.16 bits per heavy atom. The number of ether oxygens (including phenoxy) is 1. The summed E-state index contributed by atoms with van der Waals surface area (Å²) in [4.78, 5) is 12.6. The minimum absolute atomic E-state index is 0.310. The van der Waals surface area contributed by atoms with Gasteiger partial charge in [0.2, 0.25) is 0 Å². The van der Waals surface area contributed by atoms with Crippen LogP contribution in [0.2, 0.25) is 5.31 Å². The molecule has 3 rings (SSSR count). The summed E-state index contributed by atoms with van der Waals surface area (Å²) in [6.45, 7) is -1.12. The maximum absolute atomic E-state index is 14.0. The molecule has 0 radical (unpaired) electrons. The molecule has 0 atom stereocenters. The first-order valence-corrected chi connectivity index (χ1v) is 6.22. The molecule has 2 saturated heterocycles. The molecule has 1 amide bonds. The molecule has 0 aromatic carbocycles. The lowest BCUT2D eigenvalue weighted by atomic mass is 9.41. The summed E-state index contributed by atoms with van der Waals surface area (Å²) in [5, 5.41) is -2.04. The Morgan fingerprint density at radius 1 is 1.21 bits per heavy atom. The second-order valence-electron chi connectivity index (χ2n) is 6.78. The Kier molecular flexibility index (Phi) is 2.89. The molecule has 0 aromatic heterocycles. The molecular formula is C11H17BF4NO2-. The van der Waals surface area contributed by atoms with Crippen molar-refractivity contribution in [2.24, 2.45) is 0 Å². The van der Waals surface area contributed by atoms with Crippen LogP contribution >= 0.6 is 0 Å². The Hall–Kier alpha value is -0.945. The highest BCUT2D eigenvalue weighted by molar-refractivity contribution is 6.62. The molecule has 0 aromatic rings. The maximum Gasteiger partial charge on any atom is 0.486 e. The van der Waals surface area contributed by atoms with E-state index in [1.165, 1.54) is 0 Å². The van der Waals surface area contributed by atoms with Crippen molar-refractivity contribution < 1.29 is 26.9 Å². The predicted octanol–water partition coefficient (Wildman–Crippen LogP) is 3.33. The topological polar surface area (TPSA) is 29.5 Å². The molecule has 2 bridgehead atoms. The smallest absolute Gasteiger partial charge is 0.448 e. The third-order valence-electron chi connectivity index (χ3n) is 3.66. The van der Waals surface area contributed by atoms with Gasteiger partial charge in [0, 0.05) is 6.54 Å². The van der Waals surface area contributed by atoms with Crippen LogP contribution in [-0.2, 0) is 4.74 Å². The van der Waals surface area contributed by atoms with Crippen LogP contribution in [0.1, 0.15) is 33.6 Å². The molecule has 110 valence electrons. The molecule has 0 N–H and O–H groups in total. The van der Waals surface area contributed by atoms with Gasteiger partial charge < -0.3 is 22.6 Å². The van der Waals surface area contributed by atoms with E-state index in [1.54, 1.807) is 20.8 Å². The monoisotopic (exact) mass is 282 g/mol. The van der Waals surface area contributed by atoms with Crippen molar-refractivity contribution in [3.8, 4) is 0 Å². The van der Waals surface area contributed by atoms with Crippen molar-refractivity contribution in [2.75, 3.05) is 13.1 Å². The van der Waals surface area contributed by atoms with Crippen LogP contribution < -0.4 is 0 Å². The molecule has 0 spiro atoms. The van der Waals surface area contributed by atoms with E-state index in [2.05, 4.69) is 0 Å². The molecule has 3 aliphatic rings. The zero-order valence-electron chi connectivity index (χ0n) is 11.2. The van der Waals surface area contributed by atoms with Crippen molar-refractivity contribution in [2.45, 2.75) is 50.2 Å². The van der Waals surface area contributed by atoms with Crippen LogP contribution in [0.4, 0.5) is 22.1 Å². The van der Waals surface area contributed by atoms with Crippen LogP contribution in [0.25, 0.3) is 0 Å². The average Bonchev–Trinajstić information content (AvgIpc) is 2.10. The van der Waals surface area contributed by atoms with E-state index in [0.29, 0.717) is 0 Å². The fourth-order valence-corrected chi connectivity index (χ4v) is 3.00. The fraction of sp³-hybridized carbons (Fsp3) is 0.909. The normalized spacial score (nSPS) is 34.8. The number of rotatable bonds is 1. The lowest BCUT2D eigenvalue weighted by Gasteiger charge is -2.63. The van der Waals surface area contributed by atoms with E-state index in [0.717, 1.165) is 4.90 Å². The number of carbonyl (C=O) groups excluding carboxylic acids is 1. The summed E-state index contributed by atoms with van der Waals surface area (Å²) in [5.41, 5.74) is -2.72. The predicted molar refractivity (Wildman–Crippen MR) is 62.7 cm³/mol. The van der Waals surface area contributed by atoms with Crippen molar-refractivity contribution >= 4 is 13.1 Å². The van der Waals surface area contributed by atoms with Crippen LogP contribution in [0.5, 0.6) is 0 Å². The molecule has 3 nitrogen and oxygen atoms in total. The zero-order valence-corrected chi connectivity index (χ0v) is 11.2. The third kappa shape index (κ3) is 2.53. The summed E-state index contributed by atoms with van der Waals surface area (Å²) in [6.07, 6.45) is -1.93. The van der Waals surface area contributed by atoms with E-state index in [1.807, 2.05) is 0 Å². The van der Waals surface area contributed by atoms with Crippen LogP contribution in [0, 0.1) is 0 Å². The molecule has 8 heteroatoms. The van der Waals surface area contributed by atoms with Crippen molar-refractivity contribution in [3.63, 3.8) is 0 Å². The number of carbonyl (C=O) groups is 1. The molecule has 2 heterocycles. The molecule has 19 heavy (non-hydrogen) atoms. The lowest BCUT2D eigenvalue weighted by Crippen LogP contribution is -2.68. The summed E-state index contributed by atoms with van der Waals surface area (Å²) in [6, 6.07) is 0. The van der Waals surface area contributed by atoms with Gasteiger partial charge in [-0.05, 0) is 38.9 Å². The number of hydrogen-bond donors (Lipinski definition) is 0. The Balaban J connectivity index is 2.12. The summed E-state index contributed by atoms with van der Waals surface area (Å²) < 4.78 is 58.1. The number of alkyl halides is 1. The van der Waals surface area contributed by atoms with Gasteiger partial charge in [-0.2, -0.15) is 0 Å². The van der Waals surface area contributed by atoms with Crippen molar-refractivity contribution in [1.82, 2.24) is 4.90 Å². The summed E-state index contributed by atoms with van der Waals surface area (Å²) in [7, 11) is 0. The number of piperidine rings is 2. The van der Waals surface area contributed by atoms with Gasteiger partial charge in [-0.15, -0.1) is 0 Å². The first-order chi connectivity index (χ1) is 8.36. The molecular weight excluding hydrogens is 265 g/mol. The van der Waals surface area contributed by atoms with Crippen LogP contribution in [0.3, 0.4) is 0 Å². The van der Waals surface area contributed by atoms with Crippen molar-refractivity contribution in [1.29, 1.82) is 0 Å². The number of amides is 1. The molecule has 2 aliphatic heterocycles. The lowest BCUT2D eigenvalue weighted by molar-refractivity contribution is -0.0899. The second kappa shape index (κ2) is 3.79. The fourth-order valence-electron chi connectivity index (χ4n) is 3.00. The van der Waals surface area contributed by atoms with E-state index in [4.69, 9.17) is 4.74 Å². The minimum Gasteiger partial charge on any atom is -0.448 e. The standard InChI is InChI=1S/C11H17BF4NO2/c1-9(2,3)19-8(18)17-6-10(12(14,15)16)4-11(13,5-10)7-17/h4-7H2,1-3H3/q-1. The highest BCUT2D eigenvalue weighted by atomic mass is 19.4. The SMILES string of the molecule is CC(C)(C)OC(=O)N1CC2(F)CC([B-](F)(F)F)(C1)C2. The van der Waals surface area contributed by atoms with Gasteiger partial charge in [0.1, 0.15) is 11.3 Å². The molecule has 0 unspecified atom stereocenters. The average molecular weight is 282 g/mol. The first kappa shape index (κ1) is 14.5. The number of halogens is 4. The van der Waals surface area contributed by atoms with Gasteiger partial charge in [0.05, 0.1) is 6.54 Å². The van der Waals surface area contributed by atoms with E-state index in [9.17, 15) is 22.1 Å². The Bertz CT molecular complexity index is 398. The van der Waals surface area contributed by atoms with Crippen molar-refractivity contribution in [3.05, 3.63) is 0 Å². The maximum atomic E-state index is 14.0. The Morgan fingerprint density at radius 2 is 1.74 bits per heavy atom. The second-order valence-corrected chi connectivity index (χ2v) is 6.78. The number of hydrogen-bond acceptors (Lipinski definition) is 2. The molecule has 3 fully saturated rings. The van der Waals surface area contributed by atoms with E-state index < -0.39 is 49.0 Å². The summed E-state index contributed by atoms with van der Waals surface area (Å²) in [5.74, 6) is 0. The van der Waals surface area contributed by atoms with Gasteiger partial charge in [-0.1, -0.05) is 0 Å². The van der Waals surface area contributed by atoms with E-state index >= 15 is 0 Å². The quantitative estimate of drug-likeness (QED) is 0.545. The van der Waals surface area contributed by atoms with Gasteiger partial charge in [0.25, 0.3) is 0 Å². The van der Waals surface area contributed by atoms with Gasteiger partial charge in [0.15, 0.2) is 0 Å². The van der Waals surface area contributed by atoms with Gasteiger partial charge in [-0.25, -0.2) is 9.18 Å². The highest BCUT2D eigenvalue weighted by Gasteiger charge is 2.68. The van der Waals surface area contributed by atoms with Crippen LogP contribution in [0.15, 0.2) is 0 Å². The van der Waals surface area contributed by atoms with E-state index in [-0.39, 0.29) is 6.54 Å². The number of fused-ring (bicyclic) bond motifs is 2. The van der Waals surface area contributed by atoms with Gasteiger partial charge >= 0.3 is 13.1 Å². The van der Waals surface area contributed by atoms with Crippen LogP contribution in [-0.4, -0.2) is 42.3 Å². The first-order valence-electron chi connectivity index (χ1n) is 6.22. The third-order valence-corrected chi connectivity index (χ3v) is 3.66. The zero-order chi connectivity index (χ0) is 14.7. The summed E-state index contributed by atoms with van der Waals surface area (Å²) >= 11 is 0. The largest absolute Gasteiger partial charge is 0.486 e. The highest BCUT2D eigenvalue weighted by Crippen LogP contribution is 2.66. The van der Waals surface area contributed by atoms with Gasteiger partial charge in [-0.3, -0.25) is 0 Å². The Labute approximate surface area is 109 Å². The molecule has 1 saturated carbocycles. The minimum atomic E-state index is -5.17.